The maximum Gasteiger partial charge on any atom is 0.119 e. The van der Waals surface area contributed by atoms with Crippen molar-refractivity contribution in [3.8, 4) is 22.6 Å². The van der Waals surface area contributed by atoms with Crippen molar-refractivity contribution in [1.82, 2.24) is 0 Å². The Morgan fingerprint density at radius 3 is 1.66 bits per heavy atom. The zero-order valence-electron chi connectivity index (χ0n) is 20.6. The van der Waals surface area contributed by atoms with Crippen molar-refractivity contribution < 1.29 is 9.47 Å². The predicted molar refractivity (Wildman–Crippen MR) is 147 cm³/mol. The lowest BCUT2D eigenvalue weighted by Gasteiger charge is -2.27. The van der Waals surface area contributed by atoms with Crippen molar-refractivity contribution in [2.75, 3.05) is 19.1 Å². The number of aryl methyl sites for hydroxylation is 2. The number of fused-ring (bicyclic) bond motifs is 1. The van der Waals surface area contributed by atoms with E-state index < -0.39 is 0 Å². The lowest BCUT2D eigenvalue weighted by Crippen LogP contribution is -2.10. The molecule has 5 aromatic carbocycles. The van der Waals surface area contributed by atoms with Crippen LogP contribution in [0.15, 0.2) is 103 Å². The molecule has 0 N–H and O–H groups in total. The SMILES string of the molecule is COc1ccc(N(c2ccc(OC)cc2)c2ccc(-c3ccc4ccccc4c3C)c(C)c2)cc1. The van der Waals surface area contributed by atoms with Crippen LogP contribution in [0.2, 0.25) is 0 Å². The quantitative estimate of drug-likeness (QED) is 0.254. The van der Waals surface area contributed by atoms with E-state index in [0.29, 0.717) is 0 Å². The molecule has 35 heavy (non-hydrogen) atoms. The summed E-state index contributed by atoms with van der Waals surface area (Å²) in [6, 6.07) is 36.0. The van der Waals surface area contributed by atoms with E-state index in [1.165, 1.54) is 33.0 Å². The first-order valence-electron chi connectivity index (χ1n) is 11.8. The second-order valence-corrected chi connectivity index (χ2v) is 8.69. The summed E-state index contributed by atoms with van der Waals surface area (Å²) in [6.45, 7) is 4.40. The third-order valence-electron chi connectivity index (χ3n) is 6.62. The molecule has 3 nitrogen and oxygen atoms in total. The topological polar surface area (TPSA) is 21.7 Å². The zero-order valence-corrected chi connectivity index (χ0v) is 20.6. The first-order valence-corrected chi connectivity index (χ1v) is 11.8. The van der Waals surface area contributed by atoms with E-state index in [1.807, 2.05) is 24.3 Å². The molecule has 0 spiro atoms. The Kier molecular flexibility index (Phi) is 6.15. The highest BCUT2D eigenvalue weighted by atomic mass is 16.5. The molecular weight excluding hydrogens is 430 g/mol. The Labute approximate surface area is 207 Å². The average Bonchev–Trinajstić information content (AvgIpc) is 2.90. The summed E-state index contributed by atoms with van der Waals surface area (Å²) >= 11 is 0. The monoisotopic (exact) mass is 459 g/mol. The highest BCUT2D eigenvalue weighted by Gasteiger charge is 2.15. The summed E-state index contributed by atoms with van der Waals surface area (Å²) in [5.74, 6) is 1.67. The van der Waals surface area contributed by atoms with Crippen LogP contribution in [-0.4, -0.2) is 14.2 Å². The van der Waals surface area contributed by atoms with E-state index in [-0.39, 0.29) is 0 Å². The molecule has 0 saturated heterocycles. The van der Waals surface area contributed by atoms with Crippen LogP contribution in [0.5, 0.6) is 11.5 Å². The van der Waals surface area contributed by atoms with Crippen LogP contribution < -0.4 is 14.4 Å². The minimum absolute atomic E-state index is 0.835. The smallest absolute Gasteiger partial charge is 0.119 e. The van der Waals surface area contributed by atoms with Gasteiger partial charge in [-0.2, -0.15) is 0 Å². The molecule has 0 aromatic heterocycles. The second-order valence-electron chi connectivity index (χ2n) is 8.69. The van der Waals surface area contributed by atoms with Crippen LogP contribution in [0.3, 0.4) is 0 Å². The summed E-state index contributed by atoms with van der Waals surface area (Å²) < 4.78 is 10.8. The number of methoxy groups -OCH3 is 2. The maximum absolute atomic E-state index is 5.38. The molecule has 3 heteroatoms. The molecule has 174 valence electrons. The van der Waals surface area contributed by atoms with Crippen LogP contribution in [0.4, 0.5) is 17.1 Å². The molecule has 0 unspecified atom stereocenters. The molecule has 5 aromatic rings. The van der Waals surface area contributed by atoms with Gasteiger partial charge < -0.3 is 14.4 Å². The fraction of sp³-hybridized carbons (Fsp3) is 0.125. The largest absolute Gasteiger partial charge is 0.497 e. The Bertz CT molecular complexity index is 1420. The van der Waals surface area contributed by atoms with Crippen molar-refractivity contribution in [2.24, 2.45) is 0 Å². The summed E-state index contributed by atoms with van der Waals surface area (Å²) in [5, 5.41) is 2.57. The fourth-order valence-electron chi connectivity index (χ4n) is 4.72. The Morgan fingerprint density at radius 2 is 1.09 bits per heavy atom. The molecule has 0 saturated carbocycles. The van der Waals surface area contributed by atoms with Crippen LogP contribution in [-0.2, 0) is 0 Å². The maximum atomic E-state index is 5.38. The third-order valence-corrected chi connectivity index (χ3v) is 6.62. The van der Waals surface area contributed by atoms with Gasteiger partial charge in [-0.15, -0.1) is 0 Å². The summed E-state index contributed by atoms with van der Waals surface area (Å²) in [6.07, 6.45) is 0. The van der Waals surface area contributed by atoms with E-state index in [2.05, 4.69) is 97.6 Å². The third kappa shape index (κ3) is 4.33. The Balaban J connectivity index is 1.60. The van der Waals surface area contributed by atoms with Crippen molar-refractivity contribution in [1.29, 1.82) is 0 Å². The predicted octanol–water partition coefficient (Wildman–Crippen LogP) is 8.61. The number of hydrogen-bond acceptors (Lipinski definition) is 3. The van der Waals surface area contributed by atoms with Gasteiger partial charge >= 0.3 is 0 Å². The summed E-state index contributed by atoms with van der Waals surface area (Å²) in [5.41, 5.74) is 8.28. The highest BCUT2D eigenvalue weighted by Crippen LogP contribution is 2.39. The van der Waals surface area contributed by atoms with Gasteiger partial charge in [0.25, 0.3) is 0 Å². The van der Waals surface area contributed by atoms with Gasteiger partial charge in [0.15, 0.2) is 0 Å². The number of rotatable bonds is 6. The molecule has 5 rings (SSSR count). The van der Waals surface area contributed by atoms with Gasteiger partial charge in [0.1, 0.15) is 11.5 Å². The van der Waals surface area contributed by atoms with Gasteiger partial charge in [0.05, 0.1) is 14.2 Å². The van der Waals surface area contributed by atoms with E-state index in [1.54, 1.807) is 14.2 Å². The van der Waals surface area contributed by atoms with Crippen molar-refractivity contribution in [3.05, 3.63) is 114 Å². The normalized spacial score (nSPS) is 10.9. The number of hydrogen-bond donors (Lipinski definition) is 0. The number of nitrogens with zero attached hydrogens (tertiary/aromatic N) is 1. The van der Waals surface area contributed by atoms with Crippen LogP contribution in [0, 0.1) is 13.8 Å². The van der Waals surface area contributed by atoms with E-state index in [4.69, 9.17) is 9.47 Å². The fourth-order valence-corrected chi connectivity index (χ4v) is 4.72. The number of benzene rings is 5. The van der Waals surface area contributed by atoms with Crippen LogP contribution >= 0.6 is 0 Å². The Hall–Kier alpha value is -4.24. The lowest BCUT2D eigenvalue weighted by molar-refractivity contribution is 0.415. The minimum atomic E-state index is 0.835. The average molecular weight is 460 g/mol. The molecule has 0 radical (unpaired) electrons. The van der Waals surface area contributed by atoms with Gasteiger partial charge in [-0.25, -0.2) is 0 Å². The molecule has 0 amide bonds. The van der Waals surface area contributed by atoms with Crippen molar-refractivity contribution in [3.63, 3.8) is 0 Å². The second kappa shape index (κ2) is 9.55. The molecule has 0 fully saturated rings. The molecule has 0 aliphatic rings. The van der Waals surface area contributed by atoms with E-state index in [9.17, 15) is 0 Å². The molecule has 0 aliphatic carbocycles. The van der Waals surface area contributed by atoms with Gasteiger partial charge in [-0.05, 0) is 108 Å². The van der Waals surface area contributed by atoms with E-state index >= 15 is 0 Å². The van der Waals surface area contributed by atoms with Crippen molar-refractivity contribution in [2.45, 2.75) is 13.8 Å². The first kappa shape index (κ1) is 22.5. The van der Waals surface area contributed by atoms with Gasteiger partial charge in [-0.3, -0.25) is 0 Å². The molecule has 0 bridgehead atoms. The lowest BCUT2D eigenvalue weighted by atomic mass is 9.92. The van der Waals surface area contributed by atoms with Crippen molar-refractivity contribution >= 4 is 27.8 Å². The standard InChI is InChI=1S/C32H29NO2/c1-22-21-27(14-20-30(22)32-19-9-24-7-5-6-8-31(24)23(32)2)33(25-10-15-28(34-3)16-11-25)26-12-17-29(35-4)18-13-26/h5-21H,1-4H3. The van der Waals surface area contributed by atoms with Crippen LogP contribution in [0.1, 0.15) is 11.1 Å². The molecule has 0 heterocycles. The summed E-state index contributed by atoms with van der Waals surface area (Å²) in [4.78, 5) is 2.25. The van der Waals surface area contributed by atoms with Gasteiger partial charge in [0, 0.05) is 17.1 Å². The number of anilines is 3. The summed E-state index contributed by atoms with van der Waals surface area (Å²) in [7, 11) is 3.38. The van der Waals surface area contributed by atoms with Gasteiger partial charge in [0.2, 0.25) is 0 Å². The first-order chi connectivity index (χ1) is 17.1. The zero-order chi connectivity index (χ0) is 24.4. The Morgan fingerprint density at radius 1 is 0.543 bits per heavy atom. The molecular formula is C32H29NO2. The van der Waals surface area contributed by atoms with Gasteiger partial charge in [-0.1, -0.05) is 42.5 Å². The molecule has 0 aliphatic heterocycles. The minimum Gasteiger partial charge on any atom is -0.497 e. The van der Waals surface area contributed by atoms with E-state index in [0.717, 1.165) is 28.6 Å². The molecule has 0 atom stereocenters. The van der Waals surface area contributed by atoms with Crippen LogP contribution in [0.25, 0.3) is 21.9 Å². The number of ether oxygens (including phenoxy) is 2. The highest BCUT2D eigenvalue weighted by molar-refractivity contribution is 5.92.